The first-order valence-corrected chi connectivity index (χ1v) is 10.1. The van der Waals surface area contributed by atoms with E-state index in [1.165, 1.54) is 6.08 Å². The van der Waals surface area contributed by atoms with Gasteiger partial charge in [-0.1, -0.05) is 48.5 Å². The molecule has 0 saturated carbocycles. The molecule has 31 heavy (non-hydrogen) atoms. The number of amides is 1. The van der Waals surface area contributed by atoms with Gasteiger partial charge in [0.2, 0.25) is 5.91 Å². The molecule has 0 bridgehead atoms. The van der Waals surface area contributed by atoms with Crippen molar-refractivity contribution in [2.24, 2.45) is 0 Å². The zero-order chi connectivity index (χ0) is 22.1. The Morgan fingerprint density at radius 1 is 0.935 bits per heavy atom. The van der Waals surface area contributed by atoms with Crippen LogP contribution in [0.4, 0.5) is 5.69 Å². The van der Waals surface area contributed by atoms with Gasteiger partial charge in [0.05, 0.1) is 11.7 Å². The van der Waals surface area contributed by atoms with Crippen LogP contribution in [-0.4, -0.2) is 18.0 Å². The van der Waals surface area contributed by atoms with Crippen LogP contribution < -0.4 is 10.1 Å². The summed E-state index contributed by atoms with van der Waals surface area (Å²) in [5.74, 6) is 0.00159. The number of esters is 1. The molecule has 1 N–H and O–H groups in total. The summed E-state index contributed by atoms with van der Waals surface area (Å²) in [4.78, 5) is 24.3. The molecule has 0 radical (unpaired) electrons. The molecule has 0 heterocycles. The predicted octanol–water partition coefficient (Wildman–Crippen LogP) is 5.48. The smallest absolute Gasteiger partial charge is 0.338 e. The summed E-state index contributed by atoms with van der Waals surface area (Å²) in [6.45, 7) is 4.05. The molecule has 0 aliphatic rings. The highest BCUT2D eigenvalue weighted by Crippen LogP contribution is 2.17. The van der Waals surface area contributed by atoms with Crippen molar-refractivity contribution in [3.63, 3.8) is 0 Å². The van der Waals surface area contributed by atoms with Gasteiger partial charge in [-0.3, -0.25) is 4.79 Å². The maximum Gasteiger partial charge on any atom is 0.338 e. The van der Waals surface area contributed by atoms with E-state index in [2.05, 4.69) is 5.32 Å². The van der Waals surface area contributed by atoms with Crippen molar-refractivity contribution in [2.45, 2.75) is 26.6 Å². The van der Waals surface area contributed by atoms with E-state index in [0.717, 1.165) is 16.9 Å². The average molecular weight is 415 g/mol. The molecule has 0 spiro atoms. The highest BCUT2D eigenvalue weighted by atomic mass is 16.5. The molecular formula is C26H25NO4. The Hall–Kier alpha value is -3.86. The molecule has 0 unspecified atom stereocenters. The van der Waals surface area contributed by atoms with E-state index in [1.807, 2.05) is 54.6 Å². The molecule has 0 aliphatic carbocycles. The van der Waals surface area contributed by atoms with Gasteiger partial charge in [0.15, 0.2) is 0 Å². The molecule has 3 rings (SSSR count). The summed E-state index contributed by atoms with van der Waals surface area (Å²) in [6.07, 6.45) is 2.94. The van der Waals surface area contributed by atoms with Crippen molar-refractivity contribution in [1.82, 2.24) is 0 Å². The van der Waals surface area contributed by atoms with Crippen LogP contribution in [0.2, 0.25) is 0 Å². The van der Waals surface area contributed by atoms with E-state index < -0.39 is 5.97 Å². The third-order valence-electron chi connectivity index (χ3n) is 4.24. The van der Waals surface area contributed by atoms with Crippen molar-refractivity contribution in [1.29, 1.82) is 0 Å². The van der Waals surface area contributed by atoms with Crippen molar-refractivity contribution < 1.29 is 19.1 Å². The average Bonchev–Trinajstić information content (AvgIpc) is 2.77. The number of nitrogens with one attached hydrogen (secondary N) is 1. The fourth-order valence-corrected chi connectivity index (χ4v) is 2.81. The van der Waals surface area contributed by atoms with Crippen LogP contribution in [0, 0.1) is 0 Å². The Kier molecular flexibility index (Phi) is 7.60. The minimum absolute atomic E-state index is 0.207. The molecule has 0 saturated heterocycles. The Bertz CT molecular complexity index is 1060. The first-order valence-electron chi connectivity index (χ1n) is 10.1. The predicted molar refractivity (Wildman–Crippen MR) is 122 cm³/mol. The van der Waals surface area contributed by atoms with E-state index in [4.69, 9.17) is 9.47 Å². The third-order valence-corrected chi connectivity index (χ3v) is 4.24. The molecule has 5 heteroatoms. The van der Waals surface area contributed by atoms with Crippen molar-refractivity contribution in [3.05, 3.63) is 102 Å². The van der Waals surface area contributed by atoms with Crippen LogP contribution in [0.15, 0.2) is 84.9 Å². The van der Waals surface area contributed by atoms with Gasteiger partial charge < -0.3 is 14.8 Å². The fraction of sp³-hybridized carbons (Fsp3) is 0.154. The van der Waals surface area contributed by atoms with Gasteiger partial charge >= 0.3 is 5.97 Å². The zero-order valence-electron chi connectivity index (χ0n) is 17.6. The number of carbonyl (C=O) groups excluding carboxylic acids is 2. The summed E-state index contributed by atoms with van der Waals surface area (Å²) in [5, 5.41) is 2.76. The van der Waals surface area contributed by atoms with Gasteiger partial charge in [0.1, 0.15) is 12.4 Å². The van der Waals surface area contributed by atoms with Crippen molar-refractivity contribution in [2.75, 3.05) is 5.32 Å². The topological polar surface area (TPSA) is 64.6 Å². The van der Waals surface area contributed by atoms with Crippen molar-refractivity contribution >= 4 is 23.6 Å². The van der Waals surface area contributed by atoms with Crippen LogP contribution >= 0.6 is 0 Å². The molecule has 5 nitrogen and oxygen atoms in total. The Morgan fingerprint density at radius 2 is 1.71 bits per heavy atom. The highest BCUT2D eigenvalue weighted by Gasteiger charge is 2.10. The van der Waals surface area contributed by atoms with Crippen LogP contribution in [0.3, 0.4) is 0 Å². The molecule has 3 aromatic carbocycles. The number of rotatable bonds is 8. The van der Waals surface area contributed by atoms with E-state index in [0.29, 0.717) is 17.9 Å². The lowest BCUT2D eigenvalue weighted by atomic mass is 10.2. The lowest BCUT2D eigenvalue weighted by Gasteiger charge is -2.09. The number of anilines is 1. The van der Waals surface area contributed by atoms with Gasteiger partial charge in [-0.25, -0.2) is 4.79 Å². The summed E-state index contributed by atoms with van der Waals surface area (Å²) in [7, 11) is 0. The van der Waals surface area contributed by atoms with Crippen molar-refractivity contribution in [3.8, 4) is 5.75 Å². The minimum Gasteiger partial charge on any atom is -0.489 e. The maximum absolute atomic E-state index is 12.3. The number of ether oxygens (including phenoxy) is 2. The van der Waals surface area contributed by atoms with E-state index in [-0.39, 0.29) is 12.0 Å². The SMILES string of the molecule is CC(C)OC(=O)c1cccc(NC(=O)/C=C/c2cccc(OCc3ccccc3)c2)c1. The van der Waals surface area contributed by atoms with Crippen LogP contribution in [0.25, 0.3) is 6.08 Å². The van der Waals surface area contributed by atoms with Crippen LogP contribution in [0.1, 0.15) is 35.3 Å². The summed E-state index contributed by atoms with van der Waals surface area (Å²) < 4.78 is 11.0. The second-order valence-electron chi connectivity index (χ2n) is 7.20. The van der Waals surface area contributed by atoms with E-state index >= 15 is 0 Å². The molecule has 3 aromatic rings. The van der Waals surface area contributed by atoms with Gasteiger partial charge in [0.25, 0.3) is 0 Å². The standard InChI is InChI=1S/C26H25NO4/c1-19(2)31-26(29)22-11-7-12-23(17-22)27-25(28)15-14-20-10-6-13-24(16-20)30-18-21-8-4-3-5-9-21/h3-17,19H,18H2,1-2H3,(H,27,28)/b15-14+. The quantitative estimate of drug-likeness (QED) is 0.391. The lowest BCUT2D eigenvalue weighted by Crippen LogP contribution is -2.13. The van der Waals surface area contributed by atoms with Gasteiger partial charge in [-0.2, -0.15) is 0 Å². The normalized spacial score (nSPS) is 10.8. The molecule has 1 amide bonds. The van der Waals surface area contributed by atoms with Crippen LogP contribution in [-0.2, 0) is 16.1 Å². The maximum atomic E-state index is 12.3. The molecule has 0 fully saturated rings. The number of hydrogen-bond acceptors (Lipinski definition) is 4. The van der Waals surface area contributed by atoms with Gasteiger partial charge in [-0.05, 0) is 61.4 Å². The third kappa shape index (κ3) is 7.16. The number of hydrogen-bond donors (Lipinski definition) is 1. The second-order valence-corrected chi connectivity index (χ2v) is 7.20. The molecule has 158 valence electrons. The minimum atomic E-state index is -0.422. The Balaban J connectivity index is 1.58. The Morgan fingerprint density at radius 3 is 2.48 bits per heavy atom. The second kappa shape index (κ2) is 10.8. The van der Waals surface area contributed by atoms with Gasteiger partial charge in [0, 0.05) is 11.8 Å². The first-order chi connectivity index (χ1) is 15.0. The summed E-state index contributed by atoms with van der Waals surface area (Å²) in [6, 6.07) is 24.1. The van der Waals surface area contributed by atoms with Crippen LogP contribution in [0.5, 0.6) is 5.75 Å². The fourth-order valence-electron chi connectivity index (χ4n) is 2.81. The molecule has 0 aromatic heterocycles. The number of carbonyl (C=O) groups is 2. The first kappa shape index (κ1) is 21.8. The van der Waals surface area contributed by atoms with E-state index in [1.54, 1.807) is 44.2 Å². The lowest BCUT2D eigenvalue weighted by molar-refractivity contribution is -0.111. The molecular weight excluding hydrogens is 390 g/mol. The molecule has 0 aliphatic heterocycles. The summed E-state index contributed by atoms with van der Waals surface area (Å²) in [5.41, 5.74) is 2.84. The zero-order valence-corrected chi connectivity index (χ0v) is 17.6. The monoisotopic (exact) mass is 415 g/mol. The molecule has 0 atom stereocenters. The summed E-state index contributed by atoms with van der Waals surface area (Å²) >= 11 is 0. The largest absolute Gasteiger partial charge is 0.489 e. The van der Waals surface area contributed by atoms with Gasteiger partial charge in [-0.15, -0.1) is 0 Å². The highest BCUT2D eigenvalue weighted by molar-refractivity contribution is 6.02. The Labute approximate surface area is 182 Å². The van der Waals surface area contributed by atoms with E-state index in [9.17, 15) is 9.59 Å². The number of benzene rings is 3.